The Kier molecular flexibility index (Phi) is 3.26. The molecule has 0 radical (unpaired) electrons. The number of hydrogen-bond acceptors (Lipinski definition) is 3. The minimum Gasteiger partial charge on any atom is -0.478 e. The molecule has 4 heteroatoms. The summed E-state index contributed by atoms with van der Waals surface area (Å²) in [5.41, 5.74) is 7.02. The van der Waals surface area contributed by atoms with E-state index in [4.69, 9.17) is 10.8 Å². The molecule has 0 saturated heterocycles. The van der Waals surface area contributed by atoms with Gasteiger partial charge in [-0.3, -0.25) is 0 Å². The molecule has 88 valence electrons. The fourth-order valence-corrected chi connectivity index (χ4v) is 2.52. The van der Waals surface area contributed by atoms with Crippen LogP contribution < -0.4 is 5.73 Å². The zero-order valence-corrected chi connectivity index (χ0v) is 10.2. The Hall–Kier alpha value is -1.65. The first-order valence-corrected chi connectivity index (χ1v) is 6.08. The summed E-state index contributed by atoms with van der Waals surface area (Å²) in [4.78, 5) is 13.0. The van der Waals surface area contributed by atoms with Crippen molar-refractivity contribution >= 4 is 17.3 Å². The molecule has 1 atom stereocenters. The van der Waals surface area contributed by atoms with Gasteiger partial charge in [0.25, 0.3) is 0 Å². The molecule has 1 aromatic heterocycles. The van der Waals surface area contributed by atoms with Crippen molar-refractivity contribution in [2.24, 2.45) is 5.73 Å². The first-order valence-electron chi connectivity index (χ1n) is 5.27. The summed E-state index contributed by atoms with van der Waals surface area (Å²) in [5, 5.41) is 8.93. The fraction of sp³-hybridized carbons (Fsp3) is 0.154. The van der Waals surface area contributed by atoms with E-state index >= 15 is 0 Å². The highest BCUT2D eigenvalue weighted by atomic mass is 32.1. The Morgan fingerprint density at radius 1 is 1.35 bits per heavy atom. The average Bonchev–Trinajstić information content (AvgIpc) is 2.78. The van der Waals surface area contributed by atoms with Gasteiger partial charge in [0.05, 0.1) is 5.56 Å². The minimum atomic E-state index is -0.907. The summed E-state index contributed by atoms with van der Waals surface area (Å²) in [6, 6.07) is 10.9. The molecular formula is C13H13NO2S. The lowest BCUT2D eigenvalue weighted by molar-refractivity contribution is 0.0697. The van der Waals surface area contributed by atoms with Crippen molar-refractivity contribution in [2.75, 3.05) is 0 Å². The molecule has 2 aromatic rings. The highest BCUT2D eigenvalue weighted by molar-refractivity contribution is 7.15. The van der Waals surface area contributed by atoms with Crippen molar-refractivity contribution in [3.63, 3.8) is 0 Å². The third-order valence-electron chi connectivity index (χ3n) is 2.47. The van der Waals surface area contributed by atoms with Crippen LogP contribution in [-0.4, -0.2) is 11.1 Å². The second-order valence-electron chi connectivity index (χ2n) is 3.88. The number of carboxylic acid groups (broad SMARTS) is 1. The molecule has 3 nitrogen and oxygen atoms in total. The summed E-state index contributed by atoms with van der Waals surface area (Å²) in [5.74, 6) is -0.907. The van der Waals surface area contributed by atoms with Crippen LogP contribution in [0.1, 0.15) is 28.2 Å². The average molecular weight is 247 g/mol. The van der Waals surface area contributed by atoms with Crippen LogP contribution in [0.4, 0.5) is 0 Å². The number of rotatable bonds is 3. The molecule has 1 heterocycles. The zero-order valence-electron chi connectivity index (χ0n) is 9.38. The van der Waals surface area contributed by atoms with Crippen LogP contribution in [0.25, 0.3) is 10.4 Å². The lowest BCUT2D eigenvalue weighted by atomic mass is 10.1. The molecule has 0 aliphatic rings. The first kappa shape index (κ1) is 11.8. The van der Waals surface area contributed by atoms with Gasteiger partial charge in [-0.05, 0) is 36.8 Å². The predicted octanol–water partition coefficient (Wildman–Crippen LogP) is 3.13. The Morgan fingerprint density at radius 3 is 2.71 bits per heavy atom. The molecule has 3 N–H and O–H groups in total. The summed E-state index contributed by atoms with van der Waals surface area (Å²) < 4.78 is 0. The number of carboxylic acids is 1. The van der Waals surface area contributed by atoms with Gasteiger partial charge in [0.2, 0.25) is 0 Å². The first-order chi connectivity index (χ1) is 8.08. The van der Waals surface area contributed by atoms with Gasteiger partial charge in [0.15, 0.2) is 0 Å². The van der Waals surface area contributed by atoms with Gasteiger partial charge in [0, 0.05) is 15.8 Å². The monoisotopic (exact) mass is 247 g/mol. The minimum absolute atomic E-state index is 0.0106. The van der Waals surface area contributed by atoms with E-state index in [1.165, 1.54) is 0 Å². The van der Waals surface area contributed by atoms with Gasteiger partial charge in [0.1, 0.15) is 0 Å². The standard InChI is InChI=1S/C13H13NO2S/c1-8(14)11-5-6-12(17-11)9-3-2-4-10(7-9)13(15)16/h2-8H,14H2,1H3,(H,15,16). The molecule has 0 aliphatic carbocycles. The highest BCUT2D eigenvalue weighted by Crippen LogP contribution is 2.30. The normalized spacial score (nSPS) is 12.4. The van der Waals surface area contributed by atoms with E-state index in [2.05, 4.69) is 0 Å². The SMILES string of the molecule is CC(N)c1ccc(-c2cccc(C(=O)O)c2)s1. The van der Waals surface area contributed by atoms with E-state index in [0.717, 1.165) is 15.3 Å². The van der Waals surface area contributed by atoms with Crippen LogP contribution in [0.3, 0.4) is 0 Å². The lowest BCUT2D eigenvalue weighted by Gasteiger charge is -2.01. The molecule has 2 rings (SSSR count). The maximum atomic E-state index is 10.9. The topological polar surface area (TPSA) is 63.3 Å². The molecule has 0 spiro atoms. The Labute approximate surface area is 104 Å². The van der Waals surface area contributed by atoms with Crippen LogP contribution in [-0.2, 0) is 0 Å². The molecule has 0 bridgehead atoms. The van der Waals surface area contributed by atoms with Crippen molar-refractivity contribution in [1.29, 1.82) is 0 Å². The number of nitrogens with two attached hydrogens (primary N) is 1. The van der Waals surface area contributed by atoms with Crippen molar-refractivity contribution in [3.05, 3.63) is 46.8 Å². The van der Waals surface area contributed by atoms with Crippen LogP contribution in [0.15, 0.2) is 36.4 Å². The van der Waals surface area contributed by atoms with Gasteiger partial charge in [-0.2, -0.15) is 0 Å². The summed E-state index contributed by atoms with van der Waals surface area (Å²) in [6.45, 7) is 1.93. The van der Waals surface area contributed by atoms with E-state index in [1.807, 2.05) is 25.1 Å². The number of thiophene rings is 1. The van der Waals surface area contributed by atoms with E-state index in [-0.39, 0.29) is 6.04 Å². The van der Waals surface area contributed by atoms with Crippen molar-refractivity contribution in [2.45, 2.75) is 13.0 Å². The molecule has 0 amide bonds. The maximum Gasteiger partial charge on any atom is 0.335 e. The molecule has 0 saturated carbocycles. The second kappa shape index (κ2) is 4.69. The molecule has 0 fully saturated rings. The Bertz CT molecular complexity index is 546. The Balaban J connectivity index is 2.38. The predicted molar refractivity (Wildman–Crippen MR) is 69.3 cm³/mol. The molecule has 1 aromatic carbocycles. The summed E-state index contributed by atoms with van der Waals surface area (Å²) in [6.07, 6.45) is 0. The zero-order chi connectivity index (χ0) is 12.4. The van der Waals surface area contributed by atoms with E-state index < -0.39 is 5.97 Å². The van der Waals surface area contributed by atoms with Gasteiger partial charge < -0.3 is 10.8 Å². The number of aromatic carboxylic acids is 1. The number of benzene rings is 1. The van der Waals surface area contributed by atoms with Gasteiger partial charge in [-0.15, -0.1) is 11.3 Å². The molecular weight excluding hydrogens is 234 g/mol. The number of hydrogen-bond donors (Lipinski definition) is 2. The fourth-order valence-electron chi connectivity index (χ4n) is 1.56. The summed E-state index contributed by atoms with van der Waals surface area (Å²) in [7, 11) is 0. The molecule has 17 heavy (non-hydrogen) atoms. The smallest absolute Gasteiger partial charge is 0.335 e. The van der Waals surface area contributed by atoms with Crippen LogP contribution in [0.2, 0.25) is 0 Å². The maximum absolute atomic E-state index is 10.9. The van der Waals surface area contributed by atoms with Gasteiger partial charge in [-0.25, -0.2) is 4.79 Å². The lowest BCUT2D eigenvalue weighted by Crippen LogP contribution is -2.01. The Morgan fingerprint density at radius 2 is 2.12 bits per heavy atom. The van der Waals surface area contributed by atoms with E-state index in [1.54, 1.807) is 29.5 Å². The van der Waals surface area contributed by atoms with E-state index in [0.29, 0.717) is 5.56 Å². The number of carbonyl (C=O) groups is 1. The second-order valence-corrected chi connectivity index (χ2v) is 4.99. The quantitative estimate of drug-likeness (QED) is 0.875. The third-order valence-corrected chi connectivity index (χ3v) is 3.80. The molecule has 1 unspecified atom stereocenters. The molecule has 0 aliphatic heterocycles. The van der Waals surface area contributed by atoms with Crippen molar-refractivity contribution < 1.29 is 9.90 Å². The van der Waals surface area contributed by atoms with E-state index in [9.17, 15) is 4.79 Å². The van der Waals surface area contributed by atoms with Gasteiger partial charge in [-0.1, -0.05) is 12.1 Å². The summed E-state index contributed by atoms with van der Waals surface area (Å²) >= 11 is 1.60. The third kappa shape index (κ3) is 2.54. The van der Waals surface area contributed by atoms with Crippen LogP contribution >= 0.6 is 11.3 Å². The van der Waals surface area contributed by atoms with Crippen LogP contribution in [0, 0.1) is 0 Å². The van der Waals surface area contributed by atoms with Crippen LogP contribution in [0.5, 0.6) is 0 Å². The van der Waals surface area contributed by atoms with Gasteiger partial charge >= 0.3 is 5.97 Å². The highest BCUT2D eigenvalue weighted by Gasteiger charge is 2.08. The van der Waals surface area contributed by atoms with Crippen molar-refractivity contribution in [1.82, 2.24) is 0 Å². The largest absolute Gasteiger partial charge is 0.478 e. The van der Waals surface area contributed by atoms with Crippen molar-refractivity contribution in [3.8, 4) is 10.4 Å².